The molecule has 37 heavy (non-hydrogen) atoms. The maximum Gasteiger partial charge on any atom is 0.395 e. The molecular formula is C31H37F3NO2. The fourth-order valence-electron chi connectivity index (χ4n) is 4.37. The monoisotopic (exact) mass is 512 g/mol. The highest BCUT2D eigenvalue weighted by Crippen LogP contribution is 2.42. The predicted octanol–water partition coefficient (Wildman–Crippen LogP) is 9.03. The molecule has 3 aromatic rings. The Kier molecular flexibility index (Phi) is 11.5. The fraction of sp³-hybridized carbons (Fsp3) is 0.452. The van der Waals surface area contributed by atoms with E-state index in [9.17, 15) is 13.2 Å². The van der Waals surface area contributed by atoms with Gasteiger partial charge < -0.3 is 9.47 Å². The van der Waals surface area contributed by atoms with Gasteiger partial charge in [0.25, 0.3) is 0 Å². The average Bonchev–Trinajstić information content (AvgIpc) is 2.91. The molecule has 0 saturated heterocycles. The molecule has 0 spiro atoms. The Morgan fingerprint density at radius 1 is 0.838 bits per heavy atom. The molecule has 0 aliphatic carbocycles. The molecule has 1 unspecified atom stereocenters. The zero-order valence-electron chi connectivity index (χ0n) is 21.8. The number of unbranched alkanes of at least 4 members (excludes halogenated alkanes) is 4. The van der Waals surface area contributed by atoms with E-state index < -0.39 is 12.1 Å². The van der Waals surface area contributed by atoms with Gasteiger partial charge in [-0.3, -0.25) is 0 Å². The summed E-state index contributed by atoms with van der Waals surface area (Å²) in [6.07, 6.45) is 2.74. The van der Waals surface area contributed by atoms with Crippen LogP contribution in [0.1, 0.15) is 70.3 Å². The van der Waals surface area contributed by atoms with Crippen LogP contribution in [0.3, 0.4) is 0 Å². The van der Waals surface area contributed by atoms with Crippen LogP contribution < -0.4 is 4.74 Å². The first-order valence-corrected chi connectivity index (χ1v) is 13.3. The highest BCUT2D eigenvalue weighted by Gasteiger charge is 2.41. The number of aromatic nitrogens is 1. The third kappa shape index (κ3) is 8.89. The molecule has 0 aliphatic heterocycles. The van der Waals surface area contributed by atoms with Gasteiger partial charge >= 0.3 is 6.18 Å². The molecule has 6 heteroatoms. The van der Waals surface area contributed by atoms with Crippen LogP contribution in [0, 0.1) is 6.07 Å². The van der Waals surface area contributed by atoms with Crippen molar-refractivity contribution in [2.45, 2.75) is 70.9 Å². The van der Waals surface area contributed by atoms with Gasteiger partial charge in [-0.2, -0.15) is 13.2 Å². The predicted molar refractivity (Wildman–Crippen MR) is 143 cm³/mol. The summed E-state index contributed by atoms with van der Waals surface area (Å²) < 4.78 is 53.3. The van der Waals surface area contributed by atoms with Crippen LogP contribution in [0.2, 0.25) is 0 Å². The standard InChI is InChI=1S/C31H37F3NO2/c1-3-5-10-22-37-30-20-19-26(23-35-30)24-15-17-25(18-16-24)27-12-8-9-13-28(27)29(31(32,33)34)14-7-6-11-21-36-4-2/h8,12-13,15-20,23,29H,3-7,10-11,14,21-22H2,1-2H3. The van der Waals surface area contributed by atoms with E-state index in [1.54, 1.807) is 18.3 Å². The van der Waals surface area contributed by atoms with E-state index in [1.807, 2.05) is 43.3 Å². The van der Waals surface area contributed by atoms with Crippen molar-refractivity contribution in [3.8, 4) is 28.1 Å². The minimum absolute atomic E-state index is 0.0527. The van der Waals surface area contributed by atoms with E-state index in [4.69, 9.17) is 9.47 Å². The van der Waals surface area contributed by atoms with E-state index in [1.165, 1.54) is 6.07 Å². The maximum atomic E-state index is 14.1. The lowest BCUT2D eigenvalue weighted by molar-refractivity contribution is -0.152. The van der Waals surface area contributed by atoms with Crippen molar-refractivity contribution in [2.24, 2.45) is 0 Å². The summed E-state index contributed by atoms with van der Waals surface area (Å²) in [7, 11) is 0. The van der Waals surface area contributed by atoms with Crippen molar-refractivity contribution >= 4 is 0 Å². The molecule has 3 nitrogen and oxygen atoms in total. The van der Waals surface area contributed by atoms with Gasteiger partial charge in [0.2, 0.25) is 5.88 Å². The van der Waals surface area contributed by atoms with Gasteiger partial charge in [-0.15, -0.1) is 0 Å². The molecule has 1 aromatic heterocycles. The number of benzene rings is 2. The molecule has 3 rings (SSSR count). The molecule has 0 fully saturated rings. The van der Waals surface area contributed by atoms with Gasteiger partial charge in [-0.1, -0.05) is 69.0 Å². The maximum absolute atomic E-state index is 14.1. The lowest BCUT2D eigenvalue weighted by Gasteiger charge is -2.23. The zero-order chi connectivity index (χ0) is 26.5. The highest BCUT2D eigenvalue weighted by molar-refractivity contribution is 5.72. The second-order valence-electron chi connectivity index (χ2n) is 9.17. The van der Waals surface area contributed by atoms with Gasteiger partial charge in [0.15, 0.2) is 0 Å². The molecule has 1 atom stereocenters. The van der Waals surface area contributed by atoms with Crippen molar-refractivity contribution in [3.05, 3.63) is 72.4 Å². The van der Waals surface area contributed by atoms with Crippen LogP contribution in [0.15, 0.2) is 60.8 Å². The molecule has 0 bridgehead atoms. The number of rotatable bonds is 15. The summed E-state index contributed by atoms with van der Waals surface area (Å²) >= 11 is 0. The largest absolute Gasteiger partial charge is 0.478 e. The number of alkyl halides is 3. The summed E-state index contributed by atoms with van der Waals surface area (Å²) in [5.74, 6) is -0.932. The first-order valence-electron chi connectivity index (χ1n) is 13.3. The molecule has 1 heterocycles. The Bertz CT molecular complexity index is 1050. The quantitative estimate of drug-likeness (QED) is 0.190. The zero-order valence-corrected chi connectivity index (χ0v) is 21.8. The Labute approximate surface area is 219 Å². The van der Waals surface area contributed by atoms with E-state index >= 15 is 0 Å². The van der Waals surface area contributed by atoms with Crippen molar-refractivity contribution in [1.29, 1.82) is 0 Å². The van der Waals surface area contributed by atoms with Gasteiger partial charge in [0.1, 0.15) is 0 Å². The summed E-state index contributed by atoms with van der Waals surface area (Å²) in [6, 6.07) is 19.1. The second kappa shape index (κ2) is 14.8. The SMILES string of the molecule is CCCCCOc1ccc(-c2ccc(-c3cc[c]cc3C(CCCCCOCC)C(F)(F)F)cc2)cn1. The fourth-order valence-corrected chi connectivity index (χ4v) is 4.37. The van der Waals surface area contributed by atoms with Crippen molar-refractivity contribution < 1.29 is 22.6 Å². The Hall–Kier alpha value is -2.86. The second-order valence-corrected chi connectivity index (χ2v) is 9.17. The number of pyridine rings is 1. The Morgan fingerprint density at radius 2 is 1.57 bits per heavy atom. The molecule has 1 radical (unpaired) electrons. The average molecular weight is 513 g/mol. The smallest absolute Gasteiger partial charge is 0.395 e. The third-order valence-corrected chi connectivity index (χ3v) is 6.42. The molecule has 0 N–H and O–H groups in total. The topological polar surface area (TPSA) is 31.4 Å². The van der Waals surface area contributed by atoms with E-state index in [-0.39, 0.29) is 12.0 Å². The summed E-state index contributed by atoms with van der Waals surface area (Å²) in [5.41, 5.74) is 3.49. The highest BCUT2D eigenvalue weighted by atomic mass is 19.4. The Balaban J connectivity index is 1.72. The van der Waals surface area contributed by atoms with E-state index in [2.05, 4.69) is 18.0 Å². The minimum Gasteiger partial charge on any atom is -0.478 e. The van der Waals surface area contributed by atoms with Gasteiger partial charge in [-0.25, -0.2) is 4.98 Å². The Morgan fingerprint density at radius 3 is 2.24 bits per heavy atom. The summed E-state index contributed by atoms with van der Waals surface area (Å²) in [5, 5.41) is 0. The summed E-state index contributed by atoms with van der Waals surface area (Å²) in [6.45, 7) is 5.93. The van der Waals surface area contributed by atoms with Crippen molar-refractivity contribution in [1.82, 2.24) is 4.98 Å². The molecule has 0 amide bonds. The lowest BCUT2D eigenvalue weighted by atomic mass is 9.86. The number of nitrogens with zero attached hydrogens (tertiary/aromatic N) is 1. The summed E-state index contributed by atoms with van der Waals surface area (Å²) in [4.78, 5) is 4.39. The molecule has 0 aliphatic rings. The van der Waals surface area contributed by atoms with Gasteiger partial charge in [0, 0.05) is 31.0 Å². The van der Waals surface area contributed by atoms with Crippen molar-refractivity contribution in [2.75, 3.05) is 19.8 Å². The third-order valence-electron chi connectivity index (χ3n) is 6.42. The number of halogens is 3. The van der Waals surface area contributed by atoms with Gasteiger partial charge in [-0.05, 0) is 66.6 Å². The van der Waals surface area contributed by atoms with Crippen LogP contribution in [0.25, 0.3) is 22.3 Å². The molecular weight excluding hydrogens is 475 g/mol. The molecule has 2 aromatic carbocycles. The normalized spacial score (nSPS) is 12.5. The number of ether oxygens (including phenoxy) is 2. The van der Waals surface area contributed by atoms with Gasteiger partial charge in [0.05, 0.1) is 12.5 Å². The minimum atomic E-state index is -4.32. The first kappa shape index (κ1) is 28.7. The van der Waals surface area contributed by atoms with Crippen LogP contribution in [-0.2, 0) is 4.74 Å². The molecule has 0 saturated carbocycles. The number of hydrogen-bond acceptors (Lipinski definition) is 3. The van der Waals surface area contributed by atoms with E-state index in [0.29, 0.717) is 44.1 Å². The van der Waals surface area contributed by atoms with Crippen LogP contribution in [0.5, 0.6) is 5.88 Å². The number of hydrogen-bond donors (Lipinski definition) is 0. The van der Waals surface area contributed by atoms with Crippen LogP contribution in [0.4, 0.5) is 13.2 Å². The lowest BCUT2D eigenvalue weighted by Crippen LogP contribution is -2.21. The van der Waals surface area contributed by atoms with Crippen molar-refractivity contribution in [3.63, 3.8) is 0 Å². The first-order chi connectivity index (χ1) is 17.9. The molecule has 199 valence electrons. The van der Waals surface area contributed by atoms with E-state index in [0.717, 1.165) is 42.4 Å². The van der Waals surface area contributed by atoms with Crippen LogP contribution >= 0.6 is 0 Å². The van der Waals surface area contributed by atoms with Crippen LogP contribution in [-0.4, -0.2) is 31.0 Å².